The molecule has 0 aromatic heterocycles. The molecule has 1 heterocycles. The summed E-state index contributed by atoms with van der Waals surface area (Å²) in [6, 6.07) is -0.758. The number of hydrogen-bond acceptors (Lipinski definition) is 6. The summed E-state index contributed by atoms with van der Waals surface area (Å²) in [7, 11) is 0. The summed E-state index contributed by atoms with van der Waals surface area (Å²) in [6.45, 7) is 11.1. The Hall–Kier alpha value is -2.16. The van der Waals surface area contributed by atoms with E-state index in [1.807, 2.05) is 27.7 Å². The van der Waals surface area contributed by atoms with Crippen LogP contribution in [-0.4, -0.2) is 60.1 Å². The van der Waals surface area contributed by atoms with Gasteiger partial charge in [0.1, 0.15) is 6.04 Å². The minimum atomic E-state index is -0.965. The number of carbonyl (C=O) groups is 4. The van der Waals surface area contributed by atoms with E-state index in [2.05, 4.69) is 10.7 Å². The molecular weight excluding hydrogens is 354 g/mol. The molecular formula is C18H31N3O6. The molecule has 9 nitrogen and oxygen atoms in total. The van der Waals surface area contributed by atoms with E-state index in [4.69, 9.17) is 9.47 Å². The van der Waals surface area contributed by atoms with Crippen molar-refractivity contribution in [3.8, 4) is 0 Å². The van der Waals surface area contributed by atoms with Crippen molar-refractivity contribution < 1.29 is 28.7 Å². The lowest BCUT2D eigenvalue weighted by atomic mass is 10.0. The summed E-state index contributed by atoms with van der Waals surface area (Å²) in [4.78, 5) is 48.4. The summed E-state index contributed by atoms with van der Waals surface area (Å²) in [5.74, 6) is -1.68. The molecule has 1 rings (SSSR count). The third-order valence-corrected chi connectivity index (χ3v) is 3.71. The number of epoxide rings is 1. The van der Waals surface area contributed by atoms with Gasteiger partial charge in [-0.2, -0.15) is 0 Å². The molecule has 0 bridgehead atoms. The third-order valence-electron chi connectivity index (χ3n) is 3.71. The fraction of sp³-hybridized carbons (Fsp3) is 0.778. The molecule has 0 aromatic carbocycles. The SMILES string of the molecule is CCOC(=O)[C@@H]1O[C@H]1C(=O)N(CC(C)C)NC(=O)[C@H](CC(C)C)NC(C)=O. The van der Waals surface area contributed by atoms with Gasteiger partial charge in [0.25, 0.3) is 11.8 Å². The highest BCUT2D eigenvalue weighted by Crippen LogP contribution is 2.25. The van der Waals surface area contributed by atoms with E-state index in [1.54, 1.807) is 6.92 Å². The fourth-order valence-electron chi connectivity index (χ4n) is 2.57. The lowest BCUT2D eigenvalue weighted by Gasteiger charge is -2.27. The quantitative estimate of drug-likeness (QED) is 0.337. The lowest BCUT2D eigenvalue weighted by molar-refractivity contribution is -0.146. The maximum Gasteiger partial charge on any atom is 0.338 e. The summed E-state index contributed by atoms with van der Waals surface area (Å²) in [6.07, 6.45) is -1.47. The van der Waals surface area contributed by atoms with Gasteiger partial charge in [0.15, 0.2) is 12.2 Å². The maximum atomic E-state index is 12.7. The number of esters is 1. The van der Waals surface area contributed by atoms with E-state index in [0.29, 0.717) is 6.42 Å². The van der Waals surface area contributed by atoms with Gasteiger partial charge in [-0.3, -0.25) is 24.8 Å². The number of rotatable bonds is 9. The number of amides is 3. The molecule has 2 N–H and O–H groups in total. The first-order chi connectivity index (χ1) is 12.6. The molecule has 9 heteroatoms. The number of ether oxygens (including phenoxy) is 2. The fourth-order valence-corrected chi connectivity index (χ4v) is 2.57. The topological polar surface area (TPSA) is 117 Å². The molecule has 3 atom stereocenters. The van der Waals surface area contributed by atoms with Crippen LogP contribution in [0.4, 0.5) is 0 Å². The van der Waals surface area contributed by atoms with Crippen LogP contribution in [0.3, 0.4) is 0 Å². The second kappa shape index (κ2) is 10.2. The van der Waals surface area contributed by atoms with E-state index >= 15 is 0 Å². The highest BCUT2D eigenvalue weighted by molar-refractivity contribution is 5.94. The zero-order chi connectivity index (χ0) is 20.7. The molecule has 0 aliphatic carbocycles. The van der Waals surface area contributed by atoms with Crippen LogP contribution in [0, 0.1) is 11.8 Å². The Balaban J connectivity index is 2.81. The Bertz CT molecular complexity index is 563. The first kappa shape index (κ1) is 22.9. The summed E-state index contributed by atoms with van der Waals surface area (Å²) in [5, 5.41) is 3.76. The van der Waals surface area contributed by atoms with Crippen LogP contribution in [0.15, 0.2) is 0 Å². The minimum Gasteiger partial charge on any atom is -0.464 e. The average molecular weight is 385 g/mol. The lowest BCUT2D eigenvalue weighted by Crippen LogP contribution is -2.56. The maximum absolute atomic E-state index is 12.7. The molecule has 1 fully saturated rings. The molecule has 154 valence electrons. The van der Waals surface area contributed by atoms with Gasteiger partial charge in [0, 0.05) is 13.5 Å². The molecule has 1 aliphatic rings. The number of nitrogens with one attached hydrogen (secondary N) is 2. The summed E-state index contributed by atoms with van der Waals surface area (Å²) in [5.41, 5.74) is 2.57. The van der Waals surface area contributed by atoms with Crippen LogP contribution in [0.5, 0.6) is 0 Å². The average Bonchev–Trinajstić information content (AvgIpc) is 3.32. The number of nitrogens with zero attached hydrogens (tertiary/aromatic N) is 1. The largest absolute Gasteiger partial charge is 0.464 e. The van der Waals surface area contributed by atoms with Crippen molar-refractivity contribution in [2.45, 2.75) is 66.2 Å². The van der Waals surface area contributed by atoms with Crippen LogP contribution >= 0.6 is 0 Å². The predicted octanol–water partition coefficient (Wildman–Crippen LogP) is 0.384. The van der Waals surface area contributed by atoms with Crippen molar-refractivity contribution in [2.24, 2.45) is 11.8 Å². The second-order valence-electron chi connectivity index (χ2n) is 7.43. The Labute approximate surface area is 160 Å². The molecule has 0 radical (unpaired) electrons. The van der Waals surface area contributed by atoms with Gasteiger partial charge in [0.2, 0.25) is 5.91 Å². The van der Waals surface area contributed by atoms with E-state index in [-0.39, 0.29) is 30.9 Å². The molecule has 0 aromatic rings. The van der Waals surface area contributed by atoms with Gasteiger partial charge in [-0.25, -0.2) is 4.79 Å². The zero-order valence-electron chi connectivity index (χ0n) is 16.9. The van der Waals surface area contributed by atoms with E-state index in [9.17, 15) is 19.2 Å². The zero-order valence-corrected chi connectivity index (χ0v) is 16.9. The first-order valence-corrected chi connectivity index (χ1v) is 9.27. The van der Waals surface area contributed by atoms with Gasteiger partial charge in [0.05, 0.1) is 6.61 Å². The number of carbonyl (C=O) groups excluding carboxylic acids is 4. The molecule has 3 amide bonds. The minimum absolute atomic E-state index is 0.0679. The van der Waals surface area contributed by atoms with Crippen molar-refractivity contribution >= 4 is 23.7 Å². The van der Waals surface area contributed by atoms with Gasteiger partial charge in [-0.15, -0.1) is 0 Å². The van der Waals surface area contributed by atoms with Crippen LogP contribution in [0.2, 0.25) is 0 Å². The highest BCUT2D eigenvalue weighted by Gasteiger charge is 2.53. The number of hydrogen-bond donors (Lipinski definition) is 2. The Morgan fingerprint density at radius 1 is 1.07 bits per heavy atom. The van der Waals surface area contributed by atoms with Gasteiger partial charge < -0.3 is 14.8 Å². The van der Waals surface area contributed by atoms with Gasteiger partial charge in [-0.1, -0.05) is 27.7 Å². The first-order valence-electron chi connectivity index (χ1n) is 9.27. The molecule has 0 unspecified atom stereocenters. The normalized spacial score (nSPS) is 19.4. The Kier molecular flexibility index (Phi) is 8.68. The monoisotopic (exact) mass is 385 g/mol. The summed E-state index contributed by atoms with van der Waals surface area (Å²) < 4.78 is 9.98. The molecule has 0 spiro atoms. The van der Waals surface area contributed by atoms with Crippen molar-refractivity contribution in [3.63, 3.8) is 0 Å². The van der Waals surface area contributed by atoms with Gasteiger partial charge in [-0.05, 0) is 25.2 Å². The summed E-state index contributed by atoms with van der Waals surface area (Å²) >= 11 is 0. The number of hydrazine groups is 1. The van der Waals surface area contributed by atoms with E-state index in [1.165, 1.54) is 6.92 Å². The van der Waals surface area contributed by atoms with Crippen molar-refractivity contribution in [2.75, 3.05) is 13.2 Å². The molecule has 0 saturated carbocycles. The predicted molar refractivity (Wildman–Crippen MR) is 97.0 cm³/mol. The van der Waals surface area contributed by atoms with Crippen LogP contribution in [0.25, 0.3) is 0 Å². The smallest absolute Gasteiger partial charge is 0.338 e. The third kappa shape index (κ3) is 7.54. The van der Waals surface area contributed by atoms with E-state index < -0.39 is 36.0 Å². The Morgan fingerprint density at radius 3 is 2.19 bits per heavy atom. The standard InChI is InChI=1S/C18H31N3O6/c1-7-26-18(25)15-14(27-15)17(24)21(9-11(4)5)20-16(23)13(8-10(2)3)19-12(6)22/h10-11,13-15H,7-9H2,1-6H3,(H,19,22)(H,20,23)/t13-,14+,15+/m0/s1. The van der Waals surface area contributed by atoms with Crippen molar-refractivity contribution in [1.29, 1.82) is 0 Å². The van der Waals surface area contributed by atoms with Crippen LogP contribution in [-0.2, 0) is 28.7 Å². The second-order valence-corrected chi connectivity index (χ2v) is 7.43. The van der Waals surface area contributed by atoms with Crippen molar-refractivity contribution in [1.82, 2.24) is 15.8 Å². The Morgan fingerprint density at radius 2 is 1.70 bits per heavy atom. The van der Waals surface area contributed by atoms with E-state index in [0.717, 1.165) is 5.01 Å². The molecule has 27 heavy (non-hydrogen) atoms. The van der Waals surface area contributed by atoms with Crippen molar-refractivity contribution in [3.05, 3.63) is 0 Å². The van der Waals surface area contributed by atoms with Crippen LogP contribution < -0.4 is 10.7 Å². The molecule has 1 aliphatic heterocycles. The molecule has 1 saturated heterocycles. The highest BCUT2D eigenvalue weighted by atomic mass is 16.6. The van der Waals surface area contributed by atoms with Crippen LogP contribution in [0.1, 0.15) is 48.0 Å². The van der Waals surface area contributed by atoms with Gasteiger partial charge >= 0.3 is 5.97 Å².